The molecule has 0 aliphatic carbocycles. The first-order valence-electron chi connectivity index (χ1n) is 4.25. The van der Waals surface area contributed by atoms with Gasteiger partial charge in [-0.2, -0.15) is 0 Å². The van der Waals surface area contributed by atoms with Gasteiger partial charge in [-0.05, 0) is 12.5 Å². The van der Waals surface area contributed by atoms with Gasteiger partial charge in [-0.25, -0.2) is 4.39 Å². The number of fused-ring (bicyclic) bond motifs is 1. The van der Waals surface area contributed by atoms with Gasteiger partial charge in [0.25, 0.3) is 0 Å². The zero-order valence-electron chi connectivity index (χ0n) is 7.01. The van der Waals surface area contributed by atoms with Gasteiger partial charge < -0.3 is 4.74 Å². The van der Waals surface area contributed by atoms with Crippen molar-refractivity contribution in [3.8, 4) is 5.75 Å². The average Bonchev–Trinajstić information content (AvgIpc) is 2.49. The Balaban J connectivity index is 2.35. The van der Waals surface area contributed by atoms with E-state index in [0.29, 0.717) is 5.75 Å². The van der Waals surface area contributed by atoms with E-state index < -0.39 is 0 Å². The molecule has 1 aliphatic heterocycles. The molecule has 0 saturated heterocycles. The van der Waals surface area contributed by atoms with Crippen molar-refractivity contribution in [1.29, 1.82) is 0 Å². The molecule has 2 heteroatoms. The first-order chi connectivity index (χ1) is 5.81. The lowest BCUT2D eigenvalue weighted by Gasteiger charge is -2.06. The van der Waals surface area contributed by atoms with Gasteiger partial charge in [0.1, 0.15) is 6.10 Å². The van der Waals surface area contributed by atoms with Crippen molar-refractivity contribution in [2.45, 2.75) is 25.9 Å². The van der Waals surface area contributed by atoms with Crippen LogP contribution in [0.1, 0.15) is 18.9 Å². The highest BCUT2D eigenvalue weighted by Gasteiger charge is 2.23. The molecule has 1 unspecified atom stereocenters. The summed E-state index contributed by atoms with van der Waals surface area (Å²) >= 11 is 0. The van der Waals surface area contributed by atoms with Crippen LogP contribution in [0.3, 0.4) is 0 Å². The van der Waals surface area contributed by atoms with Gasteiger partial charge in [0.2, 0.25) is 0 Å². The summed E-state index contributed by atoms with van der Waals surface area (Å²) in [5.74, 6) is 0.229. The van der Waals surface area contributed by atoms with Crippen LogP contribution >= 0.6 is 0 Å². The molecular weight excluding hydrogens is 155 g/mol. The topological polar surface area (TPSA) is 9.23 Å². The maximum atomic E-state index is 13.1. The van der Waals surface area contributed by atoms with E-state index >= 15 is 0 Å². The summed E-state index contributed by atoms with van der Waals surface area (Å²) < 4.78 is 18.5. The highest BCUT2D eigenvalue weighted by molar-refractivity contribution is 5.38. The SMILES string of the molecule is CCC1Cc2cccc(F)c2O1. The number of ether oxygens (including phenoxy) is 1. The largest absolute Gasteiger partial charge is 0.487 e. The smallest absolute Gasteiger partial charge is 0.165 e. The lowest BCUT2D eigenvalue weighted by Crippen LogP contribution is -2.10. The number of hydrogen-bond acceptors (Lipinski definition) is 1. The van der Waals surface area contributed by atoms with E-state index in [1.807, 2.05) is 6.07 Å². The van der Waals surface area contributed by atoms with Gasteiger partial charge in [0.05, 0.1) is 0 Å². The molecular formula is C10H11FO. The van der Waals surface area contributed by atoms with Crippen LogP contribution in [0.5, 0.6) is 5.75 Å². The highest BCUT2D eigenvalue weighted by atomic mass is 19.1. The predicted octanol–water partition coefficient (Wildman–Crippen LogP) is 2.54. The number of rotatable bonds is 1. The zero-order chi connectivity index (χ0) is 8.55. The fourth-order valence-corrected chi connectivity index (χ4v) is 1.53. The Labute approximate surface area is 71.2 Å². The molecule has 1 heterocycles. The molecule has 1 aromatic rings. The summed E-state index contributed by atoms with van der Waals surface area (Å²) in [5, 5.41) is 0. The first-order valence-corrected chi connectivity index (χ1v) is 4.25. The minimum Gasteiger partial charge on any atom is -0.487 e. The van der Waals surface area contributed by atoms with Crippen LogP contribution in [-0.2, 0) is 6.42 Å². The quantitative estimate of drug-likeness (QED) is 0.623. The summed E-state index contributed by atoms with van der Waals surface area (Å²) in [7, 11) is 0. The van der Waals surface area contributed by atoms with Crippen molar-refractivity contribution >= 4 is 0 Å². The van der Waals surface area contributed by atoms with Crippen molar-refractivity contribution in [2.75, 3.05) is 0 Å². The van der Waals surface area contributed by atoms with Crippen molar-refractivity contribution < 1.29 is 9.13 Å². The van der Waals surface area contributed by atoms with E-state index in [1.54, 1.807) is 6.07 Å². The summed E-state index contributed by atoms with van der Waals surface area (Å²) in [5.41, 5.74) is 1.00. The molecule has 0 radical (unpaired) electrons. The second-order valence-electron chi connectivity index (χ2n) is 3.08. The van der Waals surface area contributed by atoms with Crippen molar-refractivity contribution in [3.63, 3.8) is 0 Å². The third-order valence-corrected chi connectivity index (χ3v) is 2.24. The second kappa shape index (κ2) is 2.77. The minimum atomic E-state index is -0.233. The zero-order valence-corrected chi connectivity index (χ0v) is 7.01. The molecule has 0 spiro atoms. The van der Waals surface area contributed by atoms with Crippen molar-refractivity contribution in [2.24, 2.45) is 0 Å². The van der Waals surface area contributed by atoms with E-state index in [9.17, 15) is 4.39 Å². The predicted molar refractivity (Wildman–Crippen MR) is 44.8 cm³/mol. The van der Waals surface area contributed by atoms with Crippen LogP contribution in [0, 0.1) is 5.82 Å². The Morgan fingerprint density at radius 3 is 3.08 bits per heavy atom. The molecule has 12 heavy (non-hydrogen) atoms. The van der Waals surface area contributed by atoms with Crippen molar-refractivity contribution in [1.82, 2.24) is 0 Å². The third-order valence-electron chi connectivity index (χ3n) is 2.24. The Hall–Kier alpha value is -1.05. The van der Waals surface area contributed by atoms with Gasteiger partial charge in [0, 0.05) is 12.0 Å². The summed E-state index contributed by atoms with van der Waals surface area (Å²) in [6.45, 7) is 2.05. The molecule has 0 amide bonds. The summed E-state index contributed by atoms with van der Waals surface area (Å²) in [6, 6.07) is 5.10. The lowest BCUT2D eigenvalue weighted by atomic mass is 10.1. The van der Waals surface area contributed by atoms with Crippen LogP contribution in [0.4, 0.5) is 4.39 Å². The van der Waals surface area contributed by atoms with Gasteiger partial charge in [-0.3, -0.25) is 0 Å². The minimum absolute atomic E-state index is 0.178. The van der Waals surface area contributed by atoms with E-state index in [0.717, 1.165) is 18.4 Å². The van der Waals surface area contributed by atoms with Crippen LogP contribution in [-0.4, -0.2) is 6.10 Å². The Morgan fingerprint density at radius 2 is 2.42 bits per heavy atom. The van der Waals surface area contributed by atoms with Crippen LogP contribution in [0.25, 0.3) is 0 Å². The number of hydrogen-bond donors (Lipinski definition) is 0. The molecule has 0 fully saturated rings. The lowest BCUT2D eigenvalue weighted by molar-refractivity contribution is 0.220. The molecule has 1 nitrogen and oxygen atoms in total. The molecule has 1 aliphatic rings. The van der Waals surface area contributed by atoms with E-state index in [-0.39, 0.29) is 11.9 Å². The maximum absolute atomic E-state index is 13.1. The summed E-state index contributed by atoms with van der Waals surface area (Å²) in [4.78, 5) is 0. The molecule has 0 bridgehead atoms. The van der Waals surface area contributed by atoms with Gasteiger partial charge in [0.15, 0.2) is 11.6 Å². The van der Waals surface area contributed by atoms with Crippen molar-refractivity contribution in [3.05, 3.63) is 29.6 Å². The first kappa shape index (κ1) is 7.59. The van der Waals surface area contributed by atoms with Gasteiger partial charge in [-0.1, -0.05) is 19.1 Å². The van der Waals surface area contributed by atoms with E-state index in [2.05, 4.69) is 6.92 Å². The Bertz CT molecular complexity index is 296. The second-order valence-corrected chi connectivity index (χ2v) is 3.08. The number of benzene rings is 1. The van der Waals surface area contributed by atoms with Gasteiger partial charge in [-0.15, -0.1) is 0 Å². The fraction of sp³-hybridized carbons (Fsp3) is 0.400. The van der Waals surface area contributed by atoms with E-state index in [1.165, 1.54) is 6.07 Å². The average molecular weight is 166 g/mol. The standard InChI is InChI=1S/C10H11FO/c1-2-8-6-7-4-3-5-9(11)10(7)12-8/h3-5,8H,2,6H2,1H3. The van der Waals surface area contributed by atoms with E-state index in [4.69, 9.17) is 4.74 Å². The Kier molecular flexibility index (Phi) is 1.75. The van der Waals surface area contributed by atoms with Gasteiger partial charge >= 0.3 is 0 Å². The fourth-order valence-electron chi connectivity index (χ4n) is 1.53. The van der Waals surface area contributed by atoms with Crippen LogP contribution < -0.4 is 4.74 Å². The normalized spacial score (nSPS) is 20.3. The third kappa shape index (κ3) is 1.07. The highest BCUT2D eigenvalue weighted by Crippen LogP contribution is 2.32. The maximum Gasteiger partial charge on any atom is 0.165 e. The molecule has 0 aromatic heterocycles. The molecule has 2 rings (SSSR count). The molecule has 1 aromatic carbocycles. The number of halogens is 1. The monoisotopic (exact) mass is 166 g/mol. The molecule has 0 saturated carbocycles. The van der Waals surface area contributed by atoms with Crippen LogP contribution in [0.2, 0.25) is 0 Å². The van der Waals surface area contributed by atoms with Crippen LogP contribution in [0.15, 0.2) is 18.2 Å². The molecule has 64 valence electrons. The molecule has 0 N–H and O–H groups in total. The summed E-state index contributed by atoms with van der Waals surface area (Å²) in [6.07, 6.45) is 1.97. The molecule has 1 atom stereocenters. The Morgan fingerprint density at radius 1 is 1.58 bits per heavy atom. The number of para-hydroxylation sites is 1.